The number of benzene rings is 2. The van der Waals surface area contributed by atoms with Crippen LogP contribution in [0.5, 0.6) is 5.75 Å². The standard InChI is InChI=1S/C17H21NO3S2/c1-3-14-7-9-16(10-8-14)21-11-12-23(19,20)18-15-5-4-6-17(13-15)22-2/h4-10,13,18H,3,11-12H2,1-2H3. The van der Waals surface area contributed by atoms with Gasteiger partial charge in [0, 0.05) is 10.6 Å². The zero-order valence-electron chi connectivity index (χ0n) is 13.3. The van der Waals surface area contributed by atoms with Crippen LogP contribution >= 0.6 is 11.8 Å². The zero-order valence-corrected chi connectivity index (χ0v) is 14.9. The third-order valence-corrected chi connectivity index (χ3v) is 5.27. The lowest BCUT2D eigenvalue weighted by molar-refractivity contribution is 0.341. The van der Waals surface area contributed by atoms with Crippen molar-refractivity contribution >= 4 is 27.5 Å². The number of hydrogen-bond donors (Lipinski definition) is 1. The molecule has 0 spiro atoms. The van der Waals surface area contributed by atoms with Gasteiger partial charge in [-0.15, -0.1) is 11.8 Å². The van der Waals surface area contributed by atoms with Gasteiger partial charge in [0.15, 0.2) is 0 Å². The molecule has 2 aromatic rings. The Labute approximate surface area is 142 Å². The first-order chi connectivity index (χ1) is 11.0. The molecular weight excluding hydrogens is 330 g/mol. The van der Waals surface area contributed by atoms with E-state index in [1.54, 1.807) is 17.8 Å². The molecule has 2 rings (SSSR count). The van der Waals surface area contributed by atoms with Crippen LogP contribution in [0.15, 0.2) is 53.4 Å². The Morgan fingerprint density at radius 2 is 1.87 bits per heavy atom. The summed E-state index contributed by atoms with van der Waals surface area (Å²) in [5.41, 5.74) is 1.80. The van der Waals surface area contributed by atoms with Crippen molar-refractivity contribution in [2.45, 2.75) is 18.2 Å². The van der Waals surface area contributed by atoms with E-state index < -0.39 is 10.0 Å². The topological polar surface area (TPSA) is 55.4 Å². The normalized spacial score (nSPS) is 11.2. The minimum atomic E-state index is -3.43. The van der Waals surface area contributed by atoms with Crippen LogP contribution < -0.4 is 9.46 Å². The summed E-state index contributed by atoms with van der Waals surface area (Å²) in [6.07, 6.45) is 2.92. The van der Waals surface area contributed by atoms with Crippen molar-refractivity contribution in [3.05, 3.63) is 54.1 Å². The second kappa shape index (κ2) is 8.26. The van der Waals surface area contributed by atoms with Gasteiger partial charge in [0.2, 0.25) is 10.0 Å². The smallest absolute Gasteiger partial charge is 0.236 e. The Morgan fingerprint density at radius 1 is 1.13 bits per heavy atom. The molecule has 0 saturated carbocycles. The number of anilines is 1. The Balaban J connectivity index is 1.87. The van der Waals surface area contributed by atoms with Crippen LogP contribution in [-0.2, 0) is 16.4 Å². The fraction of sp³-hybridized carbons (Fsp3) is 0.294. The summed E-state index contributed by atoms with van der Waals surface area (Å²) < 4.78 is 32.3. The molecule has 0 aliphatic rings. The van der Waals surface area contributed by atoms with Crippen molar-refractivity contribution < 1.29 is 13.2 Å². The molecule has 6 heteroatoms. The second-order valence-electron chi connectivity index (χ2n) is 5.00. The lowest BCUT2D eigenvalue weighted by Gasteiger charge is -2.10. The number of rotatable bonds is 8. The Bertz CT molecular complexity index is 728. The largest absolute Gasteiger partial charge is 0.492 e. The number of ether oxygens (including phenoxy) is 1. The van der Waals surface area contributed by atoms with E-state index in [9.17, 15) is 8.42 Å². The summed E-state index contributed by atoms with van der Waals surface area (Å²) >= 11 is 1.57. The van der Waals surface area contributed by atoms with Crippen molar-refractivity contribution in [2.24, 2.45) is 0 Å². The van der Waals surface area contributed by atoms with Crippen LogP contribution in [0.4, 0.5) is 5.69 Å². The van der Waals surface area contributed by atoms with Crippen LogP contribution in [0.2, 0.25) is 0 Å². The lowest BCUT2D eigenvalue weighted by atomic mass is 10.2. The predicted octanol–water partition coefficient (Wildman–Crippen LogP) is 3.79. The molecule has 0 heterocycles. The van der Waals surface area contributed by atoms with E-state index in [1.165, 1.54) is 5.56 Å². The van der Waals surface area contributed by atoms with Crippen molar-refractivity contribution in [1.29, 1.82) is 0 Å². The first-order valence-corrected chi connectivity index (χ1v) is 10.3. The molecule has 0 aliphatic carbocycles. The zero-order chi connectivity index (χ0) is 16.7. The molecular formula is C17H21NO3S2. The van der Waals surface area contributed by atoms with Gasteiger partial charge in [-0.25, -0.2) is 8.42 Å². The number of aryl methyl sites for hydroxylation is 1. The van der Waals surface area contributed by atoms with Crippen LogP contribution in [0.3, 0.4) is 0 Å². The average molecular weight is 351 g/mol. The summed E-state index contributed by atoms with van der Waals surface area (Å²) in [5, 5.41) is 0. The molecule has 0 aromatic heterocycles. The molecule has 1 N–H and O–H groups in total. The quantitative estimate of drug-likeness (QED) is 0.735. The average Bonchev–Trinajstić information content (AvgIpc) is 2.55. The molecule has 0 saturated heterocycles. The monoisotopic (exact) mass is 351 g/mol. The van der Waals surface area contributed by atoms with Gasteiger partial charge in [0.05, 0.1) is 0 Å². The summed E-state index contributed by atoms with van der Waals surface area (Å²) in [6, 6.07) is 15.0. The molecule has 0 bridgehead atoms. The van der Waals surface area contributed by atoms with Gasteiger partial charge in [-0.05, 0) is 48.6 Å². The number of nitrogens with one attached hydrogen (secondary N) is 1. The van der Waals surface area contributed by atoms with Crippen LogP contribution in [-0.4, -0.2) is 27.0 Å². The van der Waals surface area contributed by atoms with Crippen molar-refractivity contribution in [2.75, 3.05) is 23.3 Å². The van der Waals surface area contributed by atoms with Gasteiger partial charge in [0.25, 0.3) is 0 Å². The highest BCUT2D eigenvalue weighted by Crippen LogP contribution is 2.20. The first-order valence-electron chi connectivity index (χ1n) is 7.38. The highest BCUT2D eigenvalue weighted by Gasteiger charge is 2.11. The summed E-state index contributed by atoms with van der Waals surface area (Å²) in [5.74, 6) is 0.591. The molecule has 0 fully saturated rings. The van der Waals surface area contributed by atoms with E-state index in [-0.39, 0.29) is 12.4 Å². The van der Waals surface area contributed by atoms with Crippen molar-refractivity contribution in [3.63, 3.8) is 0 Å². The third kappa shape index (κ3) is 5.80. The van der Waals surface area contributed by atoms with Gasteiger partial charge in [0.1, 0.15) is 18.1 Å². The highest BCUT2D eigenvalue weighted by atomic mass is 32.2. The Morgan fingerprint density at radius 3 is 2.52 bits per heavy atom. The summed E-state index contributed by atoms with van der Waals surface area (Å²) in [4.78, 5) is 1.01. The molecule has 0 aliphatic heterocycles. The molecule has 2 aromatic carbocycles. The van der Waals surface area contributed by atoms with Crippen molar-refractivity contribution in [3.8, 4) is 5.75 Å². The maximum absolute atomic E-state index is 12.1. The molecule has 0 atom stereocenters. The molecule has 0 amide bonds. The molecule has 23 heavy (non-hydrogen) atoms. The number of sulfonamides is 1. The predicted molar refractivity (Wildman–Crippen MR) is 96.9 cm³/mol. The van der Waals surface area contributed by atoms with E-state index in [2.05, 4.69) is 11.6 Å². The second-order valence-corrected chi connectivity index (χ2v) is 7.72. The van der Waals surface area contributed by atoms with Gasteiger partial charge in [-0.2, -0.15) is 0 Å². The van der Waals surface area contributed by atoms with E-state index in [1.807, 2.05) is 48.7 Å². The molecule has 124 valence electrons. The fourth-order valence-corrected chi connectivity index (χ4v) is 3.36. The van der Waals surface area contributed by atoms with Crippen LogP contribution in [0, 0.1) is 0 Å². The molecule has 0 unspecified atom stereocenters. The first kappa shape index (κ1) is 17.7. The van der Waals surface area contributed by atoms with Crippen LogP contribution in [0.1, 0.15) is 12.5 Å². The lowest BCUT2D eigenvalue weighted by Crippen LogP contribution is -2.21. The maximum atomic E-state index is 12.1. The molecule has 4 nitrogen and oxygen atoms in total. The summed E-state index contributed by atoms with van der Waals surface area (Å²) in [7, 11) is -3.43. The van der Waals surface area contributed by atoms with E-state index in [0.29, 0.717) is 11.4 Å². The van der Waals surface area contributed by atoms with Gasteiger partial charge in [-0.1, -0.05) is 25.1 Å². The van der Waals surface area contributed by atoms with Gasteiger partial charge >= 0.3 is 0 Å². The fourth-order valence-electron chi connectivity index (χ4n) is 2.01. The third-order valence-electron chi connectivity index (χ3n) is 3.30. The maximum Gasteiger partial charge on any atom is 0.236 e. The van der Waals surface area contributed by atoms with E-state index in [0.717, 1.165) is 11.3 Å². The van der Waals surface area contributed by atoms with Crippen molar-refractivity contribution in [1.82, 2.24) is 0 Å². The van der Waals surface area contributed by atoms with Gasteiger partial charge < -0.3 is 4.74 Å². The highest BCUT2D eigenvalue weighted by molar-refractivity contribution is 7.98. The number of hydrogen-bond acceptors (Lipinski definition) is 4. The summed E-state index contributed by atoms with van der Waals surface area (Å²) in [6.45, 7) is 2.20. The minimum absolute atomic E-state index is 0.0912. The van der Waals surface area contributed by atoms with E-state index in [4.69, 9.17) is 4.74 Å². The van der Waals surface area contributed by atoms with Crippen LogP contribution in [0.25, 0.3) is 0 Å². The number of thioether (sulfide) groups is 1. The Hall–Kier alpha value is -1.66. The van der Waals surface area contributed by atoms with Gasteiger partial charge in [-0.3, -0.25) is 4.72 Å². The minimum Gasteiger partial charge on any atom is -0.492 e. The Kier molecular flexibility index (Phi) is 6.36. The van der Waals surface area contributed by atoms with E-state index >= 15 is 0 Å². The SMILES string of the molecule is CCc1ccc(OCCS(=O)(=O)Nc2cccc(SC)c2)cc1. The molecule has 0 radical (unpaired) electrons.